The molecule has 0 saturated carbocycles. The van der Waals surface area contributed by atoms with Gasteiger partial charge in [0.25, 0.3) is 0 Å². The van der Waals surface area contributed by atoms with E-state index < -0.39 is 0 Å². The third kappa shape index (κ3) is 1.03. The number of hydrogen-bond acceptors (Lipinski definition) is 2. The first-order chi connectivity index (χ1) is 7.68. The maximum atomic E-state index is 10.1. The van der Waals surface area contributed by atoms with Crippen molar-refractivity contribution in [2.75, 3.05) is 5.73 Å². The molecule has 0 aliphatic carbocycles. The van der Waals surface area contributed by atoms with E-state index in [-0.39, 0.29) is 0 Å². The van der Waals surface area contributed by atoms with E-state index >= 15 is 0 Å². The van der Waals surface area contributed by atoms with Crippen molar-refractivity contribution in [3.8, 4) is 5.75 Å². The molecule has 1 aromatic heterocycles. The minimum Gasteiger partial charge on any atom is -0.507 e. The number of phenols is 1. The van der Waals surface area contributed by atoms with Gasteiger partial charge in [0.1, 0.15) is 5.75 Å². The number of para-hydroxylation sites is 1. The average molecular weight is 212 g/mol. The topological polar surface area (TPSA) is 62.0 Å². The van der Waals surface area contributed by atoms with Gasteiger partial charge in [-0.25, -0.2) is 0 Å². The first-order valence-corrected chi connectivity index (χ1v) is 5.17. The SMILES string of the molecule is Cc1cc(N)c2[nH]c3ccccc3c2c1O. The van der Waals surface area contributed by atoms with Crippen LogP contribution in [0, 0.1) is 6.92 Å². The minimum atomic E-state index is 0.307. The van der Waals surface area contributed by atoms with Crippen LogP contribution in [0.15, 0.2) is 30.3 Å². The van der Waals surface area contributed by atoms with Gasteiger partial charge >= 0.3 is 0 Å². The van der Waals surface area contributed by atoms with Crippen LogP contribution in [0.5, 0.6) is 5.75 Å². The van der Waals surface area contributed by atoms with Crippen LogP contribution >= 0.6 is 0 Å². The van der Waals surface area contributed by atoms with Gasteiger partial charge < -0.3 is 15.8 Å². The number of aromatic nitrogens is 1. The smallest absolute Gasteiger partial charge is 0.128 e. The summed E-state index contributed by atoms with van der Waals surface area (Å²) in [6.07, 6.45) is 0. The molecule has 0 amide bonds. The summed E-state index contributed by atoms with van der Waals surface area (Å²) in [5.41, 5.74) is 9.22. The summed E-state index contributed by atoms with van der Waals surface area (Å²) in [5, 5.41) is 11.9. The lowest BCUT2D eigenvalue weighted by atomic mass is 10.1. The van der Waals surface area contributed by atoms with Gasteiger partial charge in [-0.15, -0.1) is 0 Å². The highest BCUT2D eigenvalue weighted by atomic mass is 16.3. The second-order valence-electron chi connectivity index (χ2n) is 4.05. The summed E-state index contributed by atoms with van der Waals surface area (Å²) < 4.78 is 0. The van der Waals surface area contributed by atoms with Crippen molar-refractivity contribution in [2.45, 2.75) is 6.92 Å². The van der Waals surface area contributed by atoms with Gasteiger partial charge in [0.2, 0.25) is 0 Å². The van der Waals surface area contributed by atoms with E-state index in [1.54, 1.807) is 6.07 Å². The van der Waals surface area contributed by atoms with Crippen molar-refractivity contribution in [1.82, 2.24) is 4.98 Å². The molecule has 0 atom stereocenters. The van der Waals surface area contributed by atoms with Gasteiger partial charge in [-0.3, -0.25) is 0 Å². The number of nitrogens with two attached hydrogens (primary N) is 1. The van der Waals surface area contributed by atoms with E-state index in [0.717, 1.165) is 27.4 Å². The Hall–Kier alpha value is -2.16. The molecule has 3 aromatic rings. The van der Waals surface area contributed by atoms with E-state index in [1.165, 1.54) is 0 Å². The Kier molecular flexibility index (Phi) is 1.66. The highest BCUT2D eigenvalue weighted by Gasteiger charge is 2.12. The maximum absolute atomic E-state index is 10.1. The monoisotopic (exact) mass is 212 g/mol. The largest absolute Gasteiger partial charge is 0.507 e. The molecule has 0 aliphatic heterocycles. The van der Waals surface area contributed by atoms with Crippen molar-refractivity contribution >= 4 is 27.5 Å². The lowest BCUT2D eigenvalue weighted by Crippen LogP contribution is -1.88. The van der Waals surface area contributed by atoms with Crippen molar-refractivity contribution in [1.29, 1.82) is 0 Å². The van der Waals surface area contributed by atoms with Gasteiger partial charge in [-0.2, -0.15) is 0 Å². The molecule has 2 aromatic carbocycles. The van der Waals surface area contributed by atoms with Crippen molar-refractivity contribution in [3.63, 3.8) is 0 Å². The molecule has 3 nitrogen and oxygen atoms in total. The Morgan fingerprint density at radius 1 is 1.25 bits per heavy atom. The van der Waals surface area contributed by atoms with Crippen molar-refractivity contribution < 1.29 is 5.11 Å². The molecule has 0 radical (unpaired) electrons. The lowest BCUT2D eigenvalue weighted by Gasteiger charge is -2.03. The summed E-state index contributed by atoms with van der Waals surface area (Å²) in [7, 11) is 0. The fourth-order valence-corrected chi connectivity index (χ4v) is 2.18. The van der Waals surface area contributed by atoms with Crippen LogP contribution in [-0.4, -0.2) is 10.1 Å². The van der Waals surface area contributed by atoms with E-state index in [1.807, 2.05) is 31.2 Å². The van der Waals surface area contributed by atoms with Crippen LogP contribution in [0.25, 0.3) is 21.8 Å². The molecule has 0 aliphatic rings. The van der Waals surface area contributed by atoms with E-state index in [4.69, 9.17) is 5.73 Å². The standard InChI is InChI=1S/C13H12N2O/c1-7-6-9(14)12-11(13(7)16)8-4-2-3-5-10(8)15-12/h2-6,15-16H,14H2,1H3. The number of hydrogen-bond donors (Lipinski definition) is 3. The van der Waals surface area contributed by atoms with Gasteiger partial charge in [0.05, 0.1) is 16.6 Å². The van der Waals surface area contributed by atoms with Crippen LogP contribution in [0.3, 0.4) is 0 Å². The number of fused-ring (bicyclic) bond motifs is 3. The molecule has 3 heteroatoms. The maximum Gasteiger partial charge on any atom is 0.128 e. The van der Waals surface area contributed by atoms with Crippen molar-refractivity contribution in [2.24, 2.45) is 0 Å². The normalized spacial score (nSPS) is 11.3. The average Bonchev–Trinajstić information content (AvgIpc) is 2.66. The second-order valence-corrected chi connectivity index (χ2v) is 4.05. The number of phenolic OH excluding ortho intramolecular Hbond substituents is 1. The van der Waals surface area contributed by atoms with Crippen LogP contribution in [-0.2, 0) is 0 Å². The molecule has 0 saturated heterocycles. The predicted octanol–water partition coefficient (Wildman–Crippen LogP) is 2.92. The van der Waals surface area contributed by atoms with E-state index in [2.05, 4.69) is 4.98 Å². The van der Waals surface area contributed by atoms with Crippen LogP contribution in [0.4, 0.5) is 5.69 Å². The Morgan fingerprint density at radius 3 is 2.81 bits per heavy atom. The number of nitrogen functional groups attached to an aromatic ring is 1. The molecule has 4 N–H and O–H groups in total. The predicted molar refractivity (Wildman–Crippen MR) is 66.6 cm³/mol. The zero-order valence-electron chi connectivity index (χ0n) is 8.91. The Labute approximate surface area is 92.5 Å². The summed E-state index contributed by atoms with van der Waals surface area (Å²) in [5.74, 6) is 0.307. The fourth-order valence-electron chi connectivity index (χ4n) is 2.18. The summed E-state index contributed by atoms with van der Waals surface area (Å²) >= 11 is 0. The first kappa shape index (κ1) is 9.09. The Morgan fingerprint density at radius 2 is 2.00 bits per heavy atom. The van der Waals surface area contributed by atoms with E-state index in [0.29, 0.717) is 11.4 Å². The fraction of sp³-hybridized carbons (Fsp3) is 0.0769. The number of aryl methyl sites for hydroxylation is 1. The number of H-pyrrole nitrogens is 1. The van der Waals surface area contributed by atoms with Gasteiger partial charge in [0.15, 0.2) is 0 Å². The quantitative estimate of drug-likeness (QED) is 0.396. The van der Waals surface area contributed by atoms with Crippen LogP contribution in [0.1, 0.15) is 5.56 Å². The molecule has 80 valence electrons. The molecular weight excluding hydrogens is 200 g/mol. The van der Waals surface area contributed by atoms with E-state index in [9.17, 15) is 5.11 Å². The van der Waals surface area contributed by atoms with Crippen molar-refractivity contribution in [3.05, 3.63) is 35.9 Å². The molecule has 0 bridgehead atoms. The number of nitrogens with one attached hydrogen (secondary N) is 1. The molecule has 3 rings (SSSR count). The number of aromatic amines is 1. The first-order valence-electron chi connectivity index (χ1n) is 5.17. The number of anilines is 1. The molecular formula is C13H12N2O. The van der Waals surface area contributed by atoms with Crippen LogP contribution < -0.4 is 5.73 Å². The zero-order valence-corrected chi connectivity index (χ0v) is 8.91. The summed E-state index contributed by atoms with van der Waals surface area (Å²) in [4.78, 5) is 3.23. The number of benzene rings is 2. The minimum absolute atomic E-state index is 0.307. The third-order valence-corrected chi connectivity index (χ3v) is 2.98. The van der Waals surface area contributed by atoms with Gasteiger partial charge in [0, 0.05) is 10.9 Å². The van der Waals surface area contributed by atoms with Gasteiger partial charge in [-0.05, 0) is 24.6 Å². The summed E-state index contributed by atoms with van der Waals surface area (Å²) in [6.45, 7) is 1.85. The van der Waals surface area contributed by atoms with Crippen LogP contribution in [0.2, 0.25) is 0 Å². The summed E-state index contributed by atoms with van der Waals surface area (Å²) in [6, 6.07) is 9.65. The highest BCUT2D eigenvalue weighted by molar-refractivity contribution is 6.14. The molecule has 16 heavy (non-hydrogen) atoms. The van der Waals surface area contributed by atoms with Gasteiger partial charge in [-0.1, -0.05) is 18.2 Å². The zero-order chi connectivity index (χ0) is 11.3. The molecule has 0 spiro atoms. The molecule has 1 heterocycles. The third-order valence-electron chi connectivity index (χ3n) is 2.98. The number of aromatic hydroxyl groups is 1. The Bertz CT molecular complexity index is 698. The molecule has 0 fully saturated rings. The Balaban J connectivity index is 2.66. The highest BCUT2D eigenvalue weighted by Crippen LogP contribution is 2.37. The molecule has 0 unspecified atom stereocenters. The second kappa shape index (κ2) is 2.92. The number of rotatable bonds is 0. The lowest BCUT2D eigenvalue weighted by molar-refractivity contribution is 0.478.